The first-order valence-electron chi connectivity index (χ1n) is 3.66. The molecule has 4 heteroatoms. The maximum atomic E-state index is 13.2. The molecule has 0 aromatic heterocycles. The molecule has 0 bridgehead atoms. The van der Waals surface area contributed by atoms with E-state index in [9.17, 15) is 9.18 Å². The third kappa shape index (κ3) is 2.18. The summed E-state index contributed by atoms with van der Waals surface area (Å²) in [6.07, 6.45) is 0. The summed E-state index contributed by atoms with van der Waals surface area (Å²) in [5.74, 6) is -1.29. The first-order chi connectivity index (χ1) is 6.15. The summed E-state index contributed by atoms with van der Waals surface area (Å²) in [7, 11) is 1.34. The molecule has 3 nitrogen and oxygen atoms in total. The summed E-state index contributed by atoms with van der Waals surface area (Å²) in [4.78, 5) is 10.5. The SMILES string of the molecule is COc1cccc(OC(C)=O)c1F. The third-order valence-electron chi connectivity index (χ3n) is 1.40. The normalized spacial score (nSPS) is 9.46. The fourth-order valence-electron chi connectivity index (χ4n) is 0.882. The van der Waals surface area contributed by atoms with Crippen LogP contribution in [0.3, 0.4) is 0 Å². The van der Waals surface area contributed by atoms with Crippen molar-refractivity contribution < 1.29 is 18.7 Å². The van der Waals surface area contributed by atoms with Crippen molar-refractivity contribution in [3.05, 3.63) is 24.0 Å². The molecule has 0 heterocycles. The summed E-state index contributed by atoms with van der Waals surface area (Å²) < 4.78 is 22.5. The molecule has 0 saturated carbocycles. The molecule has 0 spiro atoms. The van der Waals surface area contributed by atoms with E-state index in [2.05, 4.69) is 4.74 Å². The second-order valence-corrected chi connectivity index (χ2v) is 2.37. The van der Waals surface area contributed by atoms with Gasteiger partial charge in [-0.2, -0.15) is 4.39 Å². The molecule has 0 amide bonds. The zero-order valence-corrected chi connectivity index (χ0v) is 7.33. The average Bonchev–Trinajstić information content (AvgIpc) is 2.08. The molecule has 1 rings (SSSR count). The van der Waals surface area contributed by atoms with E-state index < -0.39 is 11.8 Å². The monoisotopic (exact) mass is 184 g/mol. The van der Waals surface area contributed by atoms with E-state index in [1.54, 1.807) is 6.07 Å². The predicted octanol–water partition coefficient (Wildman–Crippen LogP) is 1.76. The van der Waals surface area contributed by atoms with Crippen molar-refractivity contribution in [1.82, 2.24) is 0 Å². The Morgan fingerprint density at radius 2 is 2.00 bits per heavy atom. The van der Waals surface area contributed by atoms with Crippen LogP contribution in [0, 0.1) is 5.82 Å². The number of hydrogen-bond acceptors (Lipinski definition) is 3. The van der Waals surface area contributed by atoms with Gasteiger partial charge in [-0.1, -0.05) is 6.07 Å². The summed E-state index contributed by atoms with van der Waals surface area (Å²) in [5.41, 5.74) is 0. The average molecular weight is 184 g/mol. The van der Waals surface area contributed by atoms with Gasteiger partial charge in [0, 0.05) is 6.92 Å². The molecular weight excluding hydrogens is 175 g/mol. The molecule has 1 aromatic rings. The minimum atomic E-state index is -0.666. The highest BCUT2D eigenvalue weighted by Gasteiger charge is 2.10. The lowest BCUT2D eigenvalue weighted by Crippen LogP contribution is -2.03. The molecule has 0 saturated heterocycles. The number of methoxy groups -OCH3 is 1. The quantitative estimate of drug-likeness (QED) is 0.519. The van der Waals surface area contributed by atoms with E-state index in [4.69, 9.17) is 4.74 Å². The van der Waals surface area contributed by atoms with E-state index >= 15 is 0 Å². The van der Waals surface area contributed by atoms with Crippen LogP contribution in [0.1, 0.15) is 6.92 Å². The maximum absolute atomic E-state index is 13.2. The Balaban J connectivity index is 3.01. The van der Waals surface area contributed by atoms with Crippen molar-refractivity contribution in [2.45, 2.75) is 6.92 Å². The highest BCUT2D eigenvalue weighted by atomic mass is 19.1. The Labute approximate surface area is 75.1 Å². The second kappa shape index (κ2) is 3.89. The number of hydrogen-bond donors (Lipinski definition) is 0. The maximum Gasteiger partial charge on any atom is 0.308 e. The van der Waals surface area contributed by atoms with Crippen molar-refractivity contribution in [1.29, 1.82) is 0 Å². The third-order valence-corrected chi connectivity index (χ3v) is 1.40. The number of carbonyl (C=O) groups is 1. The molecule has 1 aromatic carbocycles. The first-order valence-corrected chi connectivity index (χ1v) is 3.66. The van der Waals surface area contributed by atoms with Crippen molar-refractivity contribution in [3.8, 4) is 11.5 Å². The highest BCUT2D eigenvalue weighted by molar-refractivity contribution is 5.69. The topological polar surface area (TPSA) is 35.5 Å². The molecule has 0 aliphatic carbocycles. The lowest BCUT2D eigenvalue weighted by atomic mass is 10.3. The van der Waals surface area contributed by atoms with Crippen LogP contribution in [0.2, 0.25) is 0 Å². The minimum absolute atomic E-state index is 0.0544. The van der Waals surface area contributed by atoms with Gasteiger partial charge in [-0.3, -0.25) is 4.79 Å². The van der Waals surface area contributed by atoms with Gasteiger partial charge < -0.3 is 9.47 Å². The van der Waals surface area contributed by atoms with E-state index in [-0.39, 0.29) is 11.5 Å². The molecule has 0 N–H and O–H groups in total. The number of halogens is 1. The minimum Gasteiger partial charge on any atom is -0.494 e. The Hall–Kier alpha value is -1.58. The highest BCUT2D eigenvalue weighted by Crippen LogP contribution is 2.25. The van der Waals surface area contributed by atoms with Gasteiger partial charge in [0.05, 0.1) is 7.11 Å². The van der Waals surface area contributed by atoms with Gasteiger partial charge in [0.1, 0.15) is 0 Å². The van der Waals surface area contributed by atoms with Crippen LogP contribution in [0.15, 0.2) is 18.2 Å². The van der Waals surface area contributed by atoms with Gasteiger partial charge in [-0.05, 0) is 12.1 Å². The molecule has 13 heavy (non-hydrogen) atoms. The van der Waals surface area contributed by atoms with Gasteiger partial charge in [-0.25, -0.2) is 0 Å². The van der Waals surface area contributed by atoms with Crippen LogP contribution in [-0.4, -0.2) is 13.1 Å². The summed E-state index contributed by atoms with van der Waals surface area (Å²) in [6.45, 7) is 1.21. The number of carbonyl (C=O) groups excluding carboxylic acids is 1. The van der Waals surface area contributed by atoms with Gasteiger partial charge >= 0.3 is 5.97 Å². The molecule has 0 atom stereocenters. The van der Waals surface area contributed by atoms with Crippen LogP contribution in [-0.2, 0) is 4.79 Å². The van der Waals surface area contributed by atoms with Crippen molar-refractivity contribution in [2.24, 2.45) is 0 Å². The largest absolute Gasteiger partial charge is 0.494 e. The molecule has 0 unspecified atom stereocenters. The Morgan fingerprint density at radius 1 is 1.38 bits per heavy atom. The van der Waals surface area contributed by atoms with Crippen LogP contribution < -0.4 is 9.47 Å². The summed E-state index contributed by atoms with van der Waals surface area (Å²) >= 11 is 0. The molecular formula is C9H9FO3. The van der Waals surface area contributed by atoms with Crippen LogP contribution in [0.4, 0.5) is 4.39 Å². The number of benzene rings is 1. The van der Waals surface area contributed by atoms with Crippen molar-refractivity contribution in [2.75, 3.05) is 7.11 Å². The number of ether oxygens (including phenoxy) is 2. The zero-order valence-electron chi connectivity index (χ0n) is 7.33. The molecule has 70 valence electrons. The molecule has 0 radical (unpaired) electrons. The van der Waals surface area contributed by atoms with Crippen LogP contribution in [0.5, 0.6) is 11.5 Å². The number of rotatable bonds is 2. The number of esters is 1. The zero-order chi connectivity index (χ0) is 9.84. The lowest BCUT2D eigenvalue weighted by molar-refractivity contribution is -0.132. The second-order valence-electron chi connectivity index (χ2n) is 2.37. The first kappa shape index (κ1) is 9.51. The van der Waals surface area contributed by atoms with Gasteiger partial charge in [0.2, 0.25) is 5.82 Å². The Kier molecular flexibility index (Phi) is 2.84. The van der Waals surface area contributed by atoms with Crippen LogP contribution >= 0.6 is 0 Å². The predicted molar refractivity (Wildman–Crippen MR) is 44.3 cm³/mol. The standard InChI is InChI=1S/C9H9FO3/c1-6(11)13-8-5-3-4-7(12-2)9(8)10/h3-5H,1-2H3. The van der Waals surface area contributed by atoms with Crippen LogP contribution in [0.25, 0.3) is 0 Å². The van der Waals surface area contributed by atoms with E-state index in [1.807, 2.05) is 0 Å². The lowest BCUT2D eigenvalue weighted by Gasteiger charge is -2.05. The fraction of sp³-hybridized carbons (Fsp3) is 0.222. The van der Waals surface area contributed by atoms with Crippen molar-refractivity contribution >= 4 is 5.97 Å². The molecule has 0 fully saturated rings. The van der Waals surface area contributed by atoms with E-state index in [0.717, 1.165) is 0 Å². The Bertz CT molecular complexity index is 323. The fourth-order valence-corrected chi connectivity index (χ4v) is 0.882. The van der Waals surface area contributed by atoms with Crippen molar-refractivity contribution in [3.63, 3.8) is 0 Å². The molecule has 0 aliphatic rings. The van der Waals surface area contributed by atoms with Gasteiger partial charge in [0.25, 0.3) is 0 Å². The van der Waals surface area contributed by atoms with Gasteiger partial charge in [-0.15, -0.1) is 0 Å². The van der Waals surface area contributed by atoms with E-state index in [1.165, 1.54) is 26.2 Å². The molecule has 0 aliphatic heterocycles. The smallest absolute Gasteiger partial charge is 0.308 e. The Morgan fingerprint density at radius 3 is 2.54 bits per heavy atom. The van der Waals surface area contributed by atoms with Gasteiger partial charge in [0.15, 0.2) is 11.5 Å². The van der Waals surface area contributed by atoms with E-state index in [0.29, 0.717) is 0 Å². The summed E-state index contributed by atoms with van der Waals surface area (Å²) in [6, 6.07) is 4.35. The summed E-state index contributed by atoms with van der Waals surface area (Å²) in [5, 5.41) is 0.